The highest BCUT2D eigenvalue weighted by molar-refractivity contribution is 5.80. The van der Waals surface area contributed by atoms with Crippen LogP contribution in [0.4, 0.5) is 4.39 Å². The van der Waals surface area contributed by atoms with Crippen LogP contribution in [0.5, 0.6) is 11.6 Å². The molecule has 1 aliphatic heterocycles. The predicted molar refractivity (Wildman–Crippen MR) is 122 cm³/mol. The number of ether oxygens (including phenoxy) is 1. The first-order valence-electron chi connectivity index (χ1n) is 11.0. The largest absolute Gasteiger partial charge is 0.439 e. The van der Waals surface area contributed by atoms with Gasteiger partial charge in [-0.25, -0.2) is 19.4 Å². The Labute approximate surface area is 188 Å². The summed E-state index contributed by atoms with van der Waals surface area (Å²) in [6, 6.07) is 10.1. The van der Waals surface area contributed by atoms with Crippen molar-refractivity contribution >= 4 is 5.96 Å². The molecule has 8 heteroatoms. The summed E-state index contributed by atoms with van der Waals surface area (Å²) in [6.07, 6.45) is 8.56. The van der Waals surface area contributed by atoms with Crippen molar-refractivity contribution in [3.05, 3.63) is 72.7 Å². The van der Waals surface area contributed by atoms with Gasteiger partial charge in [0, 0.05) is 44.3 Å². The molecular weight excluding hydrogens is 407 g/mol. The number of halogens is 1. The van der Waals surface area contributed by atoms with Crippen LogP contribution in [-0.4, -0.2) is 45.0 Å². The van der Waals surface area contributed by atoms with Crippen molar-refractivity contribution < 1.29 is 9.13 Å². The summed E-state index contributed by atoms with van der Waals surface area (Å²) in [6.45, 7) is 7.54. The fourth-order valence-electron chi connectivity index (χ4n) is 3.91. The van der Waals surface area contributed by atoms with Crippen molar-refractivity contribution in [1.29, 1.82) is 0 Å². The number of benzene rings is 1. The maximum Gasteiger partial charge on any atom is 0.219 e. The first kappa shape index (κ1) is 21.8. The second-order valence-electron chi connectivity index (χ2n) is 8.02. The van der Waals surface area contributed by atoms with Gasteiger partial charge >= 0.3 is 0 Å². The number of piperidine rings is 1. The van der Waals surface area contributed by atoms with E-state index in [9.17, 15) is 4.39 Å². The van der Waals surface area contributed by atoms with Crippen LogP contribution in [0.25, 0.3) is 0 Å². The van der Waals surface area contributed by atoms with E-state index in [1.165, 1.54) is 12.1 Å². The molecule has 0 aliphatic carbocycles. The van der Waals surface area contributed by atoms with Gasteiger partial charge < -0.3 is 19.5 Å². The number of hydrogen-bond acceptors (Lipinski definition) is 4. The highest BCUT2D eigenvalue weighted by Gasteiger charge is 2.28. The number of pyridine rings is 1. The Morgan fingerprint density at radius 2 is 2.09 bits per heavy atom. The van der Waals surface area contributed by atoms with E-state index in [4.69, 9.17) is 9.73 Å². The fraction of sp³-hybridized carbons (Fsp3) is 0.375. The Hall–Kier alpha value is -3.42. The third-order valence-corrected chi connectivity index (χ3v) is 5.71. The average molecular weight is 437 g/mol. The Bertz CT molecular complexity index is 1020. The van der Waals surface area contributed by atoms with Crippen molar-refractivity contribution in [2.24, 2.45) is 10.9 Å². The molecule has 2 aromatic heterocycles. The van der Waals surface area contributed by atoms with Crippen molar-refractivity contribution in [1.82, 2.24) is 24.8 Å². The smallest absolute Gasteiger partial charge is 0.219 e. The van der Waals surface area contributed by atoms with Gasteiger partial charge in [0.2, 0.25) is 5.88 Å². The van der Waals surface area contributed by atoms with Crippen molar-refractivity contribution in [3.63, 3.8) is 0 Å². The zero-order valence-corrected chi connectivity index (χ0v) is 18.5. The minimum atomic E-state index is -0.299. The second kappa shape index (κ2) is 10.3. The van der Waals surface area contributed by atoms with Crippen LogP contribution >= 0.6 is 0 Å². The lowest BCUT2D eigenvalue weighted by atomic mass is 9.93. The summed E-state index contributed by atoms with van der Waals surface area (Å²) in [5, 5.41) is 3.43. The molecule has 1 fully saturated rings. The molecule has 168 valence electrons. The van der Waals surface area contributed by atoms with Gasteiger partial charge in [-0.1, -0.05) is 6.92 Å². The number of hydrogen-bond donors (Lipinski definition) is 1. The van der Waals surface area contributed by atoms with E-state index >= 15 is 0 Å². The maximum absolute atomic E-state index is 13.1. The van der Waals surface area contributed by atoms with Gasteiger partial charge in [-0.15, -0.1) is 0 Å². The van der Waals surface area contributed by atoms with Crippen LogP contribution in [0.2, 0.25) is 0 Å². The minimum absolute atomic E-state index is 0.299. The molecule has 2 unspecified atom stereocenters. The topological polar surface area (TPSA) is 67.6 Å². The molecule has 3 heterocycles. The highest BCUT2D eigenvalue weighted by Crippen LogP contribution is 2.27. The van der Waals surface area contributed by atoms with Crippen LogP contribution < -0.4 is 10.1 Å². The molecule has 7 nitrogen and oxygen atoms in total. The highest BCUT2D eigenvalue weighted by atomic mass is 19.1. The molecule has 1 aromatic carbocycles. The van der Waals surface area contributed by atoms with Crippen LogP contribution in [0.15, 0.2) is 66.3 Å². The third-order valence-electron chi connectivity index (χ3n) is 5.71. The molecule has 1 saturated heterocycles. The summed E-state index contributed by atoms with van der Waals surface area (Å²) in [5.74, 6) is 2.19. The van der Waals surface area contributed by atoms with Gasteiger partial charge in [-0.2, -0.15) is 0 Å². The molecule has 1 aliphatic rings. The summed E-state index contributed by atoms with van der Waals surface area (Å²) in [4.78, 5) is 15.7. The third kappa shape index (κ3) is 5.43. The number of imidazole rings is 1. The number of guanidine groups is 1. The Balaban J connectivity index is 1.45. The number of rotatable bonds is 6. The first-order valence-corrected chi connectivity index (χ1v) is 11.0. The number of nitrogens with zero attached hydrogens (tertiary/aromatic N) is 5. The summed E-state index contributed by atoms with van der Waals surface area (Å²) < 4.78 is 21.1. The van der Waals surface area contributed by atoms with Crippen LogP contribution in [0.3, 0.4) is 0 Å². The summed E-state index contributed by atoms with van der Waals surface area (Å²) in [7, 11) is 0. The molecule has 3 aromatic rings. The van der Waals surface area contributed by atoms with E-state index in [2.05, 4.69) is 38.6 Å². The molecule has 0 amide bonds. The number of aromatic nitrogens is 3. The molecule has 2 atom stereocenters. The van der Waals surface area contributed by atoms with E-state index in [0.717, 1.165) is 37.6 Å². The summed E-state index contributed by atoms with van der Waals surface area (Å²) >= 11 is 0. The molecule has 32 heavy (non-hydrogen) atoms. The van der Waals surface area contributed by atoms with E-state index in [0.29, 0.717) is 30.1 Å². The Kier molecular flexibility index (Phi) is 6.99. The van der Waals surface area contributed by atoms with Gasteiger partial charge in [0.25, 0.3) is 0 Å². The van der Waals surface area contributed by atoms with Crippen LogP contribution in [-0.2, 0) is 6.54 Å². The monoisotopic (exact) mass is 436 g/mol. The van der Waals surface area contributed by atoms with Gasteiger partial charge in [0.1, 0.15) is 11.6 Å². The van der Waals surface area contributed by atoms with Gasteiger partial charge in [-0.3, -0.25) is 0 Å². The van der Waals surface area contributed by atoms with E-state index in [1.54, 1.807) is 18.3 Å². The standard InChI is InChI=1S/C24H29FN6O/c1-3-27-24(30-12-9-18(2)22(16-30)31-13-11-26-17-31)29-15-19-8-10-28-23(14-19)32-21-6-4-20(25)5-7-21/h4-8,10-11,13-14,17-18,22H,3,9,12,15-16H2,1-2H3,(H,27,29). The quantitative estimate of drug-likeness (QED) is 0.462. The van der Waals surface area contributed by atoms with Crippen molar-refractivity contribution in [3.8, 4) is 11.6 Å². The molecule has 0 saturated carbocycles. The van der Waals surface area contributed by atoms with E-state index in [1.807, 2.05) is 30.9 Å². The van der Waals surface area contributed by atoms with Crippen LogP contribution in [0, 0.1) is 11.7 Å². The van der Waals surface area contributed by atoms with Crippen molar-refractivity contribution in [2.75, 3.05) is 19.6 Å². The molecule has 1 N–H and O–H groups in total. The lowest BCUT2D eigenvalue weighted by molar-refractivity contribution is 0.189. The zero-order valence-electron chi connectivity index (χ0n) is 18.5. The second-order valence-corrected chi connectivity index (χ2v) is 8.02. The van der Waals surface area contributed by atoms with Gasteiger partial charge in [-0.05, 0) is 55.2 Å². The first-order chi connectivity index (χ1) is 15.6. The van der Waals surface area contributed by atoms with Gasteiger partial charge in [0.15, 0.2) is 5.96 Å². The fourth-order valence-corrected chi connectivity index (χ4v) is 3.91. The van der Waals surface area contributed by atoms with Crippen LogP contribution in [0.1, 0.15) is 31.9 Å². The molecule has 4 rings (SSSR count). The predicted octanol–water partition coefficient (Wildman–Crippen LogP) is 4.26. The van der Waals surface area contributed by atoms with Gasteiger partial charge in [0.05, 0.1) is 18.9 Å². The maximum atomic E-state index is 13.1. The molecule has 0 radical (unpaired) electrons. The average Bonchev–Trinajstić information content (AvgIpc) is 3.34. The lowest BCUT2D eigenvalue weighted by Gasteiger charge is -2.39. The number of nitrogens with one attached hydrogen (secondary N) is 1. The zero-order chi connectivity index (χ0) is 22.3. The molecule has 0 spiro atoms. The number of likely N-dealkylation sites (tertiary alicyclic amines) is 1. The SMILES string of the molecule is CCNC(=NCc1ccnc(Oc2ccc(F)cc2)c1)N1CCC(C)C(n2ccnc2)C1. The van der Waals surface area contributed by atoms with E-state index in [-0.39, 0.29) is 5.82 Å². The molecular formula is C24H29FN6O. The van der Waals surface area contributed by atoms with Crippen molar-refractivity contribution in [2.45, 2.75) is 32.9 Å². The minimum Gasteiger partial charge on any atom is -0.439 e. The Morgan fingerprint density at radius 3 is 2.84 bits per heavy atom. The molecule has 0 bridgehead atoms. The Morgan fingerprint density at radius 1 is 1.25 bits per heavy atom. The van der Waals surface area contributed by atoms with E-state index < -0.39 is 0 Å². The lowest BCUT2D eigenvalue weighted by Crippen LogP contribution is -2.49. The normalized spacial score (nSPS) is 19.1. The summed E-state index contributed by atoms with van der Waals surface area (Å²) in [5.41, 5.74) is 0.990. The number of aliphatic imine (C=N–C) groups is 1.